The summed E-state index contributed by atoms with van der Waals surface area (Å²) >= 11 is 0. The summed E-state index contributed by atoms with van der Waals surface area (Å²) in [5.41, 5.74) is 19.3. The van der Waals surface area contributed by atoms with Crippen molar-refractivity contribution in [2.45, 2.75) is 64.7 Å². The van der Waals surface area contributed by atoms with Crippen LogP contribution in [0.25, 0.3) is 55.3 Å². The summed E-state index contributed by atoms with van der Waals surface area (Å²) in [6, 6.07) is 53.9. The number of furan rings is 1. The lowest BCUT2D eigenvalue weighted by molar-refractivity contribution is 0.590. The van der Waals surface area contributed by atoms with Crippen LogP contribution in [0.4, 0.5) is 17.1 Å². The molecule has 54 heavy (non-hydrogen) atoms. The number of anilines is 3. The van der Waals surface area contributed by atoms with Crippen molar-refractivity contribution in [1.82, 2.24) is 0 Å². The molecule has 0 spiro atoms. The van der Waals surface area contributed by atoms with Gasteiger partial charge in [0.2, 0.25) is 0 Å². The van der Waals surface area contributed by atoms with Crippen LogP contribution in [-0.2, 0) is 16.2 Å². The SMILES string of the molecule is CC(C)(C)c1ccc2oc3c4c(ccc3c2c1)-c1cccc(N(c2ccc(-c3ccccc3)cc2)c2ccc3c(c2)C(C)(C)c2ccccc2-3)c1C4(C)C. The lowest BCUT2D eigenvalue weighted by atomic mass is 9.80. The minimum absolute atomic E-state index is 0.0528. The molecule has 0 atom stereocenters. The molecule has 2 aliphatic rings. The zero-order valence-corrected chi connectivity index (χ0v) is 32.2. The van der Waals surface area contributed by atoms with Crippen LogP contribution in [0.2, 0.25) is 0 Å². The number of nitrogens with zero attached hydrogens (tertiary/aromatic N) is 1. The Hall–Kier alpha value is -5.86. The highest BCUT2D eigenvalue weighted by atomic mass is 16.3. The summed E-state index contributed by atoms with van der Waals surface area (Å²) in [4.78, 5) is 2.49. The Morgan fingerprint density at radius 2 is 1.13 bits per heavy atom. The molecule has 7 aromatic carbocycles. The van der Waals surface area contributed by atoms with E-state index < -0.39 is 0 Å². The summed E-state index contributed by atoms with van der Waals surface area (Å²) in [5.74, 6) is 0. The van der Waals surface area contributed by atoms with Gasteiger partial charge in [-0.1, -0.05) is 146 Å². The molecule has 0 saturated carbocycles. The van der Waals surface area contributed by atoms with Crippen LogP contribution in [0.15, 0.2) is 150 Å². The van der Waals surface area contributed by atoms with Crippen molar-refractivity contribution < 1.29 is 4.42 Å². The smallest absolute Gasteiger partial charge is 0.140 e. The highest BCUT2D eigenvalue weighted by Gasteiger charge is 2.42. The van der Waals surface area contributed by atoms with Gasteiger partial charge in [0.05, 0.1) is 5.69 Å². The maximum atomic E-state index is 6.85. The monoisotopic (exact) mass is 699 g/mol. The van der Waals surface area contributed by atoms with E-state index in [9.17, 15) is 0 Å². The molecule has 2 nitrogen and oxygen atoms in total. The maximum Gasteiger partial charge on any atom is 0.140 e. The van der Waals surface area contributed by atoms with Crippen molar-refractivity contribution in [2.24, 2.45) is 0 Å². The molecule has 1 heterocycles. The van der Waals surface area contributed by atoms with Gasteiger partial charge in [0.25, 0.3) is 0 Å². The molecule has 0 fully saturated rings. The molecule has 264 valence electrons. The van der Waals surface area contributed by atoms with Crippen molar-refractivity contribution in [3.63, 3.8) is 0 Å². The molecular weight excluding hydrogens is 655 g/mol. The summed E-state index contributed by atoms with van der Waals surface area (Å²) in [6.07, 6.45) is 0. The average Bonchev–Trinajstić information content (AvgIpc) is 3.74. The second-order valence-electron chi connectivity index (χ2n) is 17.4. The molecule has 0 N–H and O–H groups in total. The number of hydrogen-bond donors (Lipinski definition) is 0. The van der Waals surface area contributed by atoms with E-state index in [-0.39, 0.29) is 16.2 Å². The standard InChI is InChI=1S/C52H45NO/c1-50(2,3)34-22-29-46-42(30-34)41-28-27-40-39-17-13-19-45(47(39)52(6,7)48(40)49(41)54-46)53(35-23-20-33(21-24-35)32-14-9-8-10-15-32)36-25-26-38-37-16-11-12-18-43(37)51(4,5)44(38)31-36/h8-31H,1-7H3. The molecular formula is C52H45NO. The Bertz CT molecular complexity index is 2790. The van der Waals surface area contributed by atoms with E-state index in [1.807, 2.05) is 0 Å². The molecule has 0 saturated heterocycles. The van der Waals surface area contributed by atoms with Crippen LogP contribution in [0, 0.1) is 0 Å². The van der Waals surface area contributed by atoms with E-state index in [0.29, 0.717) is 0 Å². The molecule has 0 aliphatic heterocycles. The fraction of sp³-hybridized carbons (Fsp3) is 0.192. The fourth-order valence-electron chi connectivity index (χ4n) is 9.58. The number of rotatable bonds is 4. The molecule has 10 rings (SSSR count). The van der Waals surface area contributed by atoms with Crippen LogP contribution >= 0.6 is 0 Å². The predicted molar refractivity (Wildman–Crippen MR) is 228 cm³/mol. The second kappa shape index (κ2) is 11.3. The van der Waals surface area contributed by atoms with Gasteiger partial charge >= 0.3 is 0 Å². The van der Waals surface area contributed by atoms with Gasteiger partial charge in [-0.15, -0.1) is 0 Å². The number of fused-ring (bicyclic) bond motifs is 10. The Morgan fingerprint density at radius 1 is 0.481 bits per heavy atom. The van der Waals surface area contributed by atoms with Gasteiger partial charge in [0.15, 0.2) is 0 Å². The maximum absolute atomic E-state index is 6.85. The molecule has 1 aromatic heterocycles. The van der Waals surface area contributed by atoms with Gasteiger partial charge in [0, 0.05) is 38.5 Å². The Kier molecular flexibility index (Phi) is 6.87. The zero-order valence-electron chi connectivity index (χ0n) is 32.2. The molecule has 8 aromatic rings. The summed E-state index contributed by atoms with van der Waals surface area (Å²) in [7, 11) is 0. The van der Waals surface area contributed by atoms with E-state index in [1.165, 1.54) is 77.7 Å². The van der Waals surface area contributed by atoms with Crippen LogP contribution in [0.5, 0.6) is 0 Å². The van der Waals surface area contributed by atoms with Gasteiger partial charge in [-0.25, -0.2) is 0 Å². The van der Waals surface area contributed by atoms with Crippen LogP contribution < -0.4 is 4.90 Å². The molecule has 2 heteroatoms. The molecule has 0 amide bonds. The van der Waals surface area contributed by atoms with Gasteiger partial charge in [-0.05, 0) is 110 Å². The Balaban J connectivity index is 1.18. The summed E-state index contributed by atoms with van der Waals surface area (Å²) in [5, 5.41) is 2.38. The minimum Gasteiger partial charge on any atom is -0.456 e. The number of hydrogen-bond acceptors (Lipinski definition) is 2. The zero-order chi connectivity index (χ0) is 37.1. The summed E-state index contributed by atoms with van der Waals surface area (Å²) in [6.45, 7) is 16.3. The van der Waals surface area contributed by atoms with Gasteiger partial charge < -0.3 is 9.32 Å². The van der Waals surface area contributed by atoms with E-state index in [1.54, 1.807) is 0 Å². The van der Waals surface area contributed by atoms with Gasteiger partial charge in [0.1, 0.15) is 11.2 Å². The lowest BCUT2D eigenvalue weighted by Crippen LogP contribution is -2.21. The van der Waals surface area contributed by atoms with E-state index in [4.69, 9.17) is 4.42 Å². The average molecular weight is 700 g/mol. The third-order valence-electron chi connectivity index (χ3n) is 12.4. The molecule has 0 radical (unpaired) electrons. The van der Waals surface area contributed by atoms with Crippen LogP contribution in [0.1, 0.15) is 76.3 Å². The first-order valence-corrected chi connectivity index (χ1v) is 19.3. The topological polar surface area (TPSA) is 16.4 Å². The highest BCUT2D eigenvalue weighted by Crippen LogP contribution is 2.58. The third-order valence-corrected chi connectivity index (χ3v) is 12.4. The summed E-state index contributed by atoms with van der Waals surface area (Å²) < 4.78 is 6.85. The number of benzene rings is 7. The quantitative estimate of drug-likeness (QED) is 0.182. The predicted octanol–water partition coefficient (Wildman–Crippen LogP) is 14.6. The van der Waals surface area contributed by atoms with Gasteiger partial charge in [-0.3, -0.25) is 0 Å². The minimum atomic E-state index is -0.337. The van der Waals surface area contributed by atoms with Crippen LogP contribution in [0.3, 0.4) is 0 Å². The molecule has 0 bridgehead atoms. The van der Waals surface area contributed by atoms with Gasteiger partial charge in [-0.2, -0.15) is 0 Å². The Morgan fingerprint density at radius 3 is 1.91 bits per heavy atom. The molecule has 0 unspecified atom stereocenters. The van der Waals surface area contributed by atoms with Crippen molar-refractivity contribution in [3.8, 4) is 33.4 Å². The van der Waals surface area contributed by atoms with Crippen molar-refractivity contribution >= 4 is 39.0 Å². The first-order chi connectivity index (χ1) is 25.9. The van der Waals surface area contributed by atoms with Crippen molar-refractivity contribution in [3.05, 3.63) is 173 Å². The van der Waals surface area contributed by atoms with Crippen molar-refractivity contribution in [2.75, 3.05) is 4.90 Å². The van der Waals surface area contributed by atoms with E-state index >= 15 is 0 Å². The highest BCUT2D eigenvalue weighted by molar-refractivity contribution is 6.10. The van der Waals surface area contributed by atoms with E-state index in [2.05, 4.69) is 199 Å². The third kappa shape index (κ3) is 4.65. The second-order valence-corrected chi connectivity index (χ2v) is 17.4. The largest absolute Gasteiger partial charge is 0.456 e. The van der Waals surface area contributed by atoms with Crippen LogP contribution in [-0.4, -0.2) is 0 Å². The lowest BCUT2D eigenvalue weighted by Gasteiger charge is -2.33. The Labute approximate surface area is 318 Å². The van der Waals surface area contributed by atoms with E-state index in [0.717, 1.165) is 22.5 Å². The molecule has 2 aliphatic carbocycles. The first kappa shape index (κ1) is 32.8. The normalized spacial score (nSPS) is 14.9. The fourth-order valence-corrected chi connectivity index (χ4v) is 9.58. The van der Waals surface area contributed by atoms with Crippen molar-refractivity contribution in [1.29, 1.82) is 0 Å². The first-order valence-electron chi connectivity index (χ1n) is 19.3.